The molecule has 0 radical (unpaired) electrons. The van der Waals surface area contributed by atoms with Gasteiger partial charge in [-0.1, -0.05) is 42.5 Å². The Morgan fingerprint density at radius 3 is 2.59 bits per heavy atom. The van der Waals surface area contributed by atoms with Crippen molar-refractivity contribution in [2.24, 2.45) is 5.73 Å². The maximum atomic E-state index is 12.2. The Hall–Kier alpha value is -3.19. The van der Waals surface area contributed by atoms with Crippen LogP contribution in [0.5, 0.6) is 0 Å². The van der Waals surface area contributed by atoms with Gasteiger partial charge in [-0.3, -0.25) is 14.4 Å². The second kappa shape index (κ2) is 8.01. The summed E-state index contributed by atoms with van der Waals surface area (Å²) in [5, 5.41) is 6.67. The minimum atomic E-state index is -0.999. The Morgan fingerprint density at radius 1 is 1.11 bits per heavy atom. The smallest absolute Gasteiger partial charge is 0.311 e. The van der Waals surface area contributed by atoms with Crippen molar-refractivity contribution in [2.75, 3.05) is 5.32 Å². The number of primary amides is 1. The van der Waals surface area contributed by atoms with Gasteiger partial charge in [0.1, 0.15) is 5.00 Å². The fraction of sp³-hybridized carbons (Fsp3) is 0.150. The summed E-state index contributed by atoms with van der Waals surface area (Å²) in [7, 11) is 0. The molecule has 0 aliphatic rings. The average Bonchev–Trinajstić information content (AvgIpc) is 3.09. The molecule has 7 heteroatoms. The largest absolute Gasteiger partial charge is 0.452 e. The van der Waals surface area contributed by atoms with Gasteiger partial charge in [0.15, 0.2) is 6.10 Å². The number of ether oxygens (including phenoxy) is 1. The fourth-order valence-corrected chi connectivity index (χ4v) is 3.42. The lowest BCUT2D eigenvalue weighted by Gasteiger charge is -2.13. The first-order valence-corrected chi connectivity index (χ1v) is 9.17. The molecule has 0 fully saturated rings. The lowest BCUT2D eigenvalue weighted by molar-refractivity contribution is -0.152. The average molecular weight is 382 g/mol. The highest BCUT2D eigenvalue weighted by atomic mass is 32.1. The third-order valence-electron chi connectivity index (χ3n) is 4.01. The number of carbonyl (C=O) groups is 3. The summed E-state index contributed by atoms with van der Waals surface area (Å²) in [6.45, 7) is 1.48. The maximum absolute atomic E-state index is 12.2. The number of nitrogens with two attached hydrogens (primary N) is 1. The number of nitrogens with one attached hydrogen (secondary N) is 1. The van der Waals surface area contributed by atoms with E-state index in [0.717, 1.165) is 16.3 Å². The molecule has 0 saturated heterocycles. The summed E-state index contributed by atoms with van der Waals surface area (Å²) < 4.78 is 5.21. The predicted molar refractivity (Wildman–Crippen MR) is 105 cm³/mol. The highest BCUT2D eigenvalue weighted by molar-refractivity contribution is 7.14. The monoisotopic (exact) mass is 382 g/mol. The van der Waals surface area contributed by atoms with Crippen molar-refractivity contribution in [3.05, 3.63) is 65.0 Å². The van der Waals surface area contributed by atoms with Gasteiger partial charge < -0.3 is 15.8 Å². The van der Waals surface area contributed by atoms with Crippen LogP contribution in [0.15, 0.2) is 53.9 Å². The Labute approximate surface area is 159 Å². The molecule has 1 aromatic heterocycles. The highest BCUT2D eigenvalue weighted by Gasteiger charge is 2.20. The highest BCUT2D eigenvalue weighted by Crippen LogP contribution is 2.23. The Kier molecular flexibility index (Phi) is 5.52. The van der Waals surface area contributed by atoms with E-state index in [1.54, 1.807) is 5.38 Å². The lowest BCUT2D eigenvalue weighted by atomic mass is 10.1. The minimum Gasteiger partial charge on any atom is -0.452 e. The summed E-state index contributed by atoms with van der Waals surface area (Å²) in [5.74, 6) is -1.66. The third-order valence-corrected chi connectivity index (χ3v) is 4.84. The maximum Gasteiger partial charge on any atom is 0.311 e. The summed E-state index contributed by atoms with van der Waals surface area (Å²) >= 11 is 1.17. The van der Waals surface area contributed by atoms with E-state index in [2.05, 4.69) is 5.32 Å². The van der Waals surface area contributed by atoms with Crippen molar-refractivity contribution in [3.63, 3.8) is 0 Å². The number of anilines is 1. The van der Waals surface area contributed by atoms with Crippen LogP contribution in [0, 0.1) is 0 Å². The molecule has 0 aliphatic carbocycles. The first-order chi connectivity index (χ1) is 12.9. The molecule has 1 heterocycles. The zero-order valence-corrected chi connectivity index (χ0v) is 15.4. The van der Waals surface area contributed by atoms with Crippen molar-refractivity contribution < 1.29 is 19.1 Å². The lowest BCUT2D eigenvalue weighted by Crippen LogP contribution is -2.30. The van der Waals surface area contributed by atoms with Gasteiger partial charge in [0, 0.05) is 0 Å². The van der Waals surface area contributed by atoms with E-state index < -0.39 is 23.9 Å². The molecule has 0 spiro atoms. The Bertz CT molecular complexity index is 1010. The van der Waals surface area contributed by atoms with Gasteiger partial charge >= 0.3 is 5.97 Å². The number of fused-ring (bicyclic) bond motifs is 1. The van der Waals surface area contributed by atoms with Crippen molar-refractivity contribution in [2.45, 2.75) is 19.4 Å². The number of benzene rings is 2. The first kappa shape index (κ1) is 18.6. The number of hydrogen-bond donors (Lipinski definition) is 2. The van der Waals surface area contributed by atoms with Crippen LogP contribution in [-0.4, -0.2) is 23.9 Å². The van der Waals surface area contributed by atoms with E-state index in [-0.39, 0.29) is 12.0 Å². The number of thiophene rings is 1. The van der Waals surface area contributed by atoms with E-state index in [1.807, 2.05) is 42.5 Å². The molecule has 27 heavy (non-hydrogen) atoms. The Balaban J connectivity index is 1.59. The molecule has 2 aromatic carbocycles. The third kappa shape index (κ3) is 4.51. The van der Waals surface area contributed by atoms with Gasteiger partial charge in [0.2, 0.25) is 0 Å². The number of rotatable bonds is 6. The minimum absolute atomic E-state index is 0.0635. The number of hydrogen-bond acceptors (Lipinski definition) is 5. The molecular formula is C20H18N2O4S. The predicted octanol–water partition coefficient (Wildman–Crippen LogP) is 3.11. The first-order valence-electron chi connectivity index (χ1n) is 8.29. The van der Waals surface area contributed by atoms with E-state index in [4.69, 9.17) is 10.5 Å². The molecule has 0 unspecified atom stereocenters. The summed E-state index contributed by atoms with van der Waals surface area (Å²) in [6, 6.07) is 15.1. The van der Waals surface area contributed by atoms with Gasteiger partial charge in [0.25, 0.3) is 11.8 Å². The molecule has 0 bridgehead atoms. The SMILES string of the molecule is C[C@@H](OC(=O)Cc1ccc2ccccc2c1)C(=O)Nc1sccc1C(N)=O. The van der Waals surface area contributed by atoms with Crippen LogP contribution in [-0.2, 0) is 20.7 Å². The summed E-state index contributed by atoms with van der Waals surface area (Å²) in [5.41, 5.74) is 6.28. The van der Waals surface area contributed by atoms with Gasteiger partial charge in [0.05, 0.1) is 12.0 Å². The molecule has 138 valence electrons. The van der Waals surface area contributed by atoms with Crippen LogP contribution in [0.3, 0.4) is 0 Å². The van der Waals surface area contributed by atoms with Crippen molar-refractivity contribution in [1.29, 1.82) is 0 Å². The molecule has 6 nitrogen and oxygen atoms in total. The summed E-state index contributed by atoms with van der Waals surface area (Å²) in [6.07, 6.45) is -0.936. The quantitative estimate of drug-likeness (QED) is 0.640. The van der Waals surface area contributed by atoms with E-state index in [9.17, 15) is 14.4 Å². The van der Waals surface area contributed by atoms with Crippen molar-refractivity contribution in [1.82, 2.24) is 0 Å². The van der Waals surface area contributed by atoms with Gasteiger partial charge in [-0.15, -0.1) is 11.3 Å². The zero-order valence-electron chi connectivity index (χ0n) is 14.6. The number of esters is 1. The molecule has 3 rings (SSSR count). The molecule has 1 atom stereocenters. The van der Waals surface area contributed by atoms with Gasteiger partial charge in [-0.05, 0) is 34.7 Å². The van der Waals surface area contributed by atoms with Crippen LogP contribution in [0.1, 0.15) is 22.8 Å². The fourth-order valence-electron chi connectivity index (χ4n) is 2.62. The normalized spacial score (nSPS) is 11.7. The number of carbonyl (C=O) groups excluding carboxylic acids is 3. The van der Waals surface area contributed by atoms with Crippen LogP contribution in [0.25, 0.3) is 10.8 Å². The van der Waals surface area contributed by atoms with Gasteiger partial charge in [-0.2, -0.15) is 0 Å². The molecule has 0 saturated carbocycles. The summed E-state index contributed by atoms with van der Waals surface area (Å²) in [4.78, 5) is 35.7. The van der Waals surface area contributed by atoms with Crippen molar-refractivity contribution >= 4 is 44.9 Å². The van der Waals surface area contributed by atoms with E-state index >= 15 is 0 Å². The van der Waals surface area contributed by atoms with Crippen LogP contribution in [0.4, 0.5) is 5.00 Å². The molecule has 0 aliphatic heterocycles. The molecule has 2 amide bonds. The second-order valence-corrected chi connectivity index (χ2v) is 6.92. The molecule has 3 aromatic rings. The van der Waals surface area contributed by atoms with Crippen LogP contribution < -0.4 is 11.1 Å². The molecule has 3 N–H and O–H groups in total. The van der Waals surface area contributed by atoms with Crippen LogP contribution in [0.2, 0.25) is 0 Å². The van der Waals surface area contributed by atoms with Crippen LogP contribution >= 0.6 is 11.3 Å². The molecular weight excluding hydrogens is 364 g/mol. The van der Waals surface area contributed by atoms with E-state index in [1.165, 1.54) is 24.3 Å². The van der Waals surface area contributed by atoms with Crippen molar-refractivity contribution in [3.8, 4) is 0 Å². The van der Waals surface area contributed by atoms with E-state index in [0.29, 0.717) is 5.00 Å². The standard InChI is InChI=1S/C20H18N2O4S/c1-12(19(25)22-20-16(18(21)24)8-9-27-20)26-17(23)11-13-6-7-14-4-2-3-5-15(14)10-13/h2-10,12H,11H2,1H3,(H2,21,24)(H,22,25)/t12-/m1/s1. The zero-order chi connectivity index (χ0) is 19.4. The van der Waals surface area contributed by atoms with Gasteiger partial charge in [-0.25, -0.2) is 0 Å². The Morgan fingerprint density at radius 2 is 1.85 bits per heavy atom. The number of amides is 2. The second-order valence-electron chi connectivity index (χ2n) is 6.01. The topological polar surface area (TPSA) is 98.5 Å².